The highest BCUT2D eigenvalue weighted by Gasteiger charge is 2.77. The van der Waals surface area contributed by atoms with Gasteiger partial charge in [-0.25, -0.2) is 8.78 Å². The Kier molecular flexibility index (Phi) is 5.33. The minimum Gasteiger partial charge on any atom is -0.449 e. The summed E-state index contributed by atoms with van der Waals surface area (Å²) < 4.78 is 38.3. The minimum atomic E-state index is -2.24. The zero-order valence-electron chi connectivity index (χ0n) is 18.7. The number of ether oxygens (including phenoxy) is 1. The van der Waals surface area contributed by atoms with Gasteiger partial charge in [-0.05, 0) is 49.8 Å². The van der Waals surface area contributed by atoms with Gasteiger partial charge in [0.15, 0.2) is 17.1 Å². The van der Waals surface area contributed by atoms with Crippen LogP contribution in [0.15, 0.2) is 23.8 Å². The van der Waals surface area contributed by atoms with Gasteiger partial charge in [-0.1, -0.05) is 26.8 Å². The van der Waals surface area contributed by atoms with E-state index in [1.165, 1.54) is 19.1 Å². The average molecular weight is 469 g/mol. The number of alkyl halides is 2. The molecule has 4 aliphatic carbocycles. The van der Waals surface area contributed by atoms with Crippen LogP contribution in [0.2, 0.25) is 0 Å². The van der Waals surface area contributed by atoms with Crippen LogP contribution in [0.1, 0.15) is 53.4 Å². The molecule has 0 saturated heterocycles. The maximum absolute atomic E-state index is 17.1. The van der Waals surface area contributed by atoms with Gasteiger partial charge < -0.3 is 9.84 Å². The number of aliphatic hydroxyl groups excluding tert-OH is 1. The third-order valence-electron chi connectivity index (χ3n) is 9.05. The number of esters is 1. The first-order valence-electron chi connectivity index (χ1n) is 11.2. The van der Waals surface area contributed by atoms with Gasteiger partial charge in [0.2, 0.25) is 5.12 Å². The molecule has 1 N–H and O–H groups in total. The predicted molar refractivity (Wildman–Crippen MR) is 116 cm³/mol. The van der Waals surface area contributed by atoms with Crippen molar-refractivity contribution >= 4 is 29.5 Å². The van der Waals surface area contributed by atoms with E-state index in [0.717, 1.165) is 6.08 Å². The Hall–Kier alpha value is -1.54. The molecule has 5 nitrogen and oxygen atoms in total. The summed E-state index contributed by atoms with van der Waals surface area (Å²) in [4.78, 5) is 37.2. The van der Waals surface area contributed by atoms with E-state index in [1.54, 1.807) is 20.8 Å². The summed E-state index contributed by atoms with van der Waals surface area (Å²) in [6, 6.07) is 0. The van der Waals surface area contributed by atoms with E-state index in [4.69, 9.17) is 4.74 Å². The molecule has 0 heterocycles. The van der Waals surface area contributed by atoms with E-state index in [2.05, 4.69) is 12.6 Å². The van der Waals surface area contributed by atoms with Crippen LogP contribution in [0.5, 0.6) is 0 Å². The van der Waals surface area contributed by atoms with E-state index < -0.39 is 69.0 Å². The zero-order chi connectivity index (χ0) is 23.9. The number of hydrogen-bond donors (Lipinski definition) is 2. The lowest BCUT2D eigenvalue weighted by Crippen LogP contribution is -2.70. The smallest absolute Gasteiger partial charge is 0.306 e. The SMILES string of the molecule is CCC(=O)OC1(C(=O)S)C(C)CC2C3CC(F)C4=CC(=O)C=CC4(C)C3(F)C(O)CC21C. The molecule has 0 radical (unpaired) electrons. The fourth-order valence-corrected chi connectivity index (χ4v) is 8.01. The van der Waals surface area contributed by atoms with Gasteiger partial charge in [-0.2, -0.15) is 0 Å². The summed E-state index contributed by atoms with van der Waals surface area (Å²) in [7, 11) is 0. The van der Waals surface area contributed by atoms with E-state index in [9.17, 15) is 19.5 Å². The number of fused-ring (bicyclic) bond motifs is 5. The third kappa shape index (κ3) is 2.62. The maximum atomic E-state index is 17.1. The van der Waals surface area contributed by atoms with E-state index in [-0.39, 0.29) is 24.8 Å². The molecule has 176 valence electrons. The number of ketones is 1. The van der Waals surface area contributed by atoms with Crippen molar-refractivity contribution in [1.82, 2.24) is 0 Å². The van der Waals surface area contributed by atoms with Crippen molar-refractivity contribution in [3.63, 3.8) is 0 Å². The molecule has 0 aromatic heterocycles. The molecule has 9 unspecified atom stereocenters. The van der Waals surface area contributed by atoms with Crippen molar-refractivity contribution in [2.24, 2.45) is 28.6 Å². The summed E-state index contributed by atoms with van der Waals surface area (Å²) >= 11 is 4.09. The van der Waals surface area contributed by atoms with Gasteiger partial charge in [0.05, 0.1) is 6.10 Å². The Morgan fingerprint density at radius 1 is 1.28 bits per heavy atom. The Bertz CT molecular complexity index is 949. The topological polar surface area (TPSA) is 80.7 Å². The fraction of sp³-hybridized carbons (Fsp3) is 0.708. The van der Waals surface area contributed by atoms with Crippen molar-refractivity contribution in [2.75, 3.05) is 0 Å². The summed E-state index contributed by atoms with van der Waals surface area (Å²) in [6.07, 6.45) is 0.619. The molecule has 4 aliphatic rings. The largest absolute Gasteiger partial charge is 0.449 e. The Balaban J connectivity index is 1.87. The molecule has 8 heteroatoms. The summed E-state index contributed by atoms with van der Waals surface area (Å²) in [5, 5.41) is 10.7. The molecular formula is C24H30F2O5S. The second-order valence-electron chi connectivity index (χ2n) is 10.4. The Morgan fingerprint density at radius 3 is 2.53 bits per heavy atom. The number of aliphatic hydroxyl groups is 1. The number of thiol groups is 1. The molecular weight excluding hydrogens is 438 g/mol. The first kappa shape index (κ1) is 23.6. The zero-order valence-corrected chi connectivity index (χ0v) is 19.6. The van der Waals surface area contributed by atoms with Gasteiger partial charge >= 0.3 is 5.97 Å². The number of halogens is 2. The molecule has 0 spiro atoms. The molecule has 4 rings (SSSR count). The highest BCUT2D eigenvalue weighted by atomic mass is 32.1. The monoisotopic (exact) mass is 468 g/mol. The van der Waals surface area contributed by atoms with E-state index >= 15 is 8.78 Å². The van der Waals surface area contributed by atoms with Crippen molar-refractivity contribution in [3.8, 4) is 0 Å². The van der Waals surface area contributed by atoms with Crippen LogP contribution in [0, 0.1) is 28.6 Å². The van der Waals surface area contributed by atoms with E-state index in [1.807, 2.05) is 0 Å². The molecule has 0 bridgehead atoms. The number of carbonyl (C=O) groups excluding carboxylic acids is 3. The van der Waals surface area contributed by atoms with Crippen LogP contribution in [0.4, 0.5) is 8.78 Å². The van der Waals surface area contributed by atoms with Gasteiger partial charge in [0.1, 0.15) is 6.17 Å². The summed E-state index contributed by atoms with van der Waals surface area (Å²) in [5.41, 5.74) is -6.46. The summed E-state index contributed by atoms with van der Waals surface area (Å²) in [5.74, 6) is -2.94. The molecule has 3 fully saturated rings. The molecule has 0 aliphatic heterocycles. The van der Waals surface area contributed by atoms with Crippen LogP contribution >= 0.6 is 12.6 Å². The minimum absolute atomic E-state index is 0.0476. The predicted octanol–water partition coefficient (Wildman–Crippen LogP) is 3.70. The molecule has 9 atom stereocenters. The third-order valence-corrected chi connectivity index (χ3v) is 9.38. The second kappa shape index (κ2) is 7.23. The standard InChI is InChI=1S/C24H30F2O5S/c1-5-19(29)31-24(20(30)32)12(2)8-14-15-10-17(25)16-9-13(27)6-7-21(16,3)23(15,26)18(28)11-22(14,24)4/h6-7,9,12,14-15,17-18,28H,5,8,10-11H2,1-4H3,(H,30,32). The molecule has 0 aromatic carbocycles. The molecule has 0 aromatic rings. The van der Waals surface area contributed by atoms with Crippen molar-refractivity contribution in [2.45, 2.75) is 76.9 Å². The van der Waals surface area contributed by atoms with Crippen LogP contribution in [0.25, 0.3) is 0 Å². The van der Waals surface area contributed by atoms with Crippen molar-refractivity contribution in [3.05, 3.63) is 23.8 Å². The quantitative estimate of drug-likeness (QED) is 0.488. The lowest BCUT2D eigenvalue weighted by molar-refractivity contribution is -0.228. The highest BCUT2D eigenvalue weighted by molar-refractivity contribution is 7.96. The number of hydrogen-bond acceptors (Lipinski definition) is 5. The van der Waals surface area contributed by atoms with Gasteiger partial charge in [-0.3, -0.25) is 14.4 Å². The lowest BCUT2D eigenvalue weighted by Gasteiger charge is -2.63. The lowest BCUT2D eigenvalue weighted by atomic mass is 9.44. The van der Waals surface area contributed by atoms with E-state index in [0.29, 0.717) is 6.42 Å². The summed E-state index contributed by atoms with van der Waals surface area (Å²) in [6.45, 7) is 6.62. The maximum Gasteiger partial charge on any atom is 0.306 e. The van der Waals surface area contributed by atoms with Crippen molar-refractivity contribution < 1.29 is 33.0 Å². The van der Waals surface area contributed by atoms with Crippen LogP contribution in [-0.2, 0) is 19.1 Å². The Labute approximate surface area is 192 Å². The van der Waals surface area contributed by atoms with Crippen LogP contribution < -0.4 is 0 Å². The molecule has 32 heavy (non-hydrogen) atoms. The number of carbonyl (C=O) groups is 3. The number of rotatable bonds is 3. The number of allylic oxidation sites excluding steroid dienone is 4. The normalized spacial score (nSPS) is 49.6. The molecule has 3 saturated carbocycles. The first-order valence-corrected chi connectivity index (χ1v) is 11.7. The van der Waals surface area contributed by atoms with Crippen LogP contribution in [-0.4, -0.2) is 45.5 Å². The molecule has 0 amide bonds. The average Bonchev–Trinajstić information content (AvgIpc) is 2.93. The first-order chi connectivity index (χ1) is 14.8. The van der Waals surface area contributed by atoms with Gasteiger partial charge in [0.25, 0.3) is 0 Å². The van der Waals surface area contributed by atoms with Gasteiger partial charge in [-0.15, -0.1) is 12.6 Å². The highest BCUT2D eigenvalue weighted by Crippen LogP contribution is 2.71. The second-order valence-corrected chi connectivity index (χ2v) is 10.8. The van der Waals surface area contributed by atoms with Gasteiger partial charge in [0, 0.05) is 29.1 Å². The fourth-order valence-electron chi connectivity index (χ4n) is 7.49. The Morgan fingerprint density at radius 2 is 1.94 bits per heavy atom. The van der Waals surface area contributed by atoms with Crippen LogP contribution in [0.3, 0.4) is 0 Å². The van der Waals surface area contributed by atoms with Crippen molar-refractivity contribution in [1.29, 1.82) is 0 Å².